The Kier molecular flexibility index (Phi) is 7.08. The number of hydrogen-bond acceptors (Lipinski definition) is 9. The molecule has 1 amide bonds. The van der Waals surface area contributed by atoms with Crippen LogP contribution in [0.3, 0.4) is 0 Å². The van der Waals surface area contributed by atoms with Gasteiger partial charge in [-0.15, -0.1) is 10.2 Å². The predicted octanol–water partition coefficient (Wildman–Crippen LogP) is 3.63. The number of methoxy groups -OCH3 is 2. The molecule has 10 nitrogen and oxygen atoms in total. The summed E-state index contributed by atoms with van der Waals surface area (Å²) < 4.78 is 16.1. The lowest BCUT2D eigenvalue weighted by Gasteiger charge is -2.08. The first-order valence-electron chi connectivity index (χ1n) is 9.10. The molecule has 0 aliphatic rings. The Hall–Kier alpha value is -3.60. The maximum atomic E-state index is 12.2. The maximum absolute atomic E-state index is 12.2. The van der Waals surface area contributed by atoms with E-state index in [2.05, 4.69) is 15.5 Å². The molecule has 0 fully saturated rings. The Bertz CT molecular complexity index is 1100. The van der Waals surface area contributed by atoms with Crippen molar-refractivity contribution in [1.82, 2.24) is 10.2 Å². The summed E-state index contributed by atoms with van der Waals surface area (Å²) >= 11 is 1.08. The van der Waals surface area contributed by atoms with Crippen molar-refractivity contribution in [3.05, 3.63) is 63.5 Å². The number of nitrogens with zero attached hydrogens (tertiary/aromatic N) is 3. The van der Waals surface area contributed by atoms with Crippen LogP contribution in [0.2, 0.25) is 0 Å². The monoisotopic (exact) mass is 444 g/mol. The van der Waals surface area contributed by atoms with Crippen LogP contribution in [0.4, 0.5) is 11.4 Å². The Morgan fingerprint density at radius 3 is 2.65 bits per heavy atom. The van der Waals surface area contributed by atoms with E-state index in [-0.39, 0.29) is 22.6 Å². The molecule has 0 saturated heterocycles. The number of thioether (sulfide) groups is 1. The molecule has 0 aliphatic carbocycles. The van der Waals surface area contributed by atoms with Crippen molar-refractivity contribution in [3.8, 4) is 11.5 Å². The maximum Gasteiger partial charge on any atom is 0.277 e. The van der Waals surface area contributed by atoms with Gasteiger partial charge in [-0.05, 0) is 30.7 Å². The second-order valence-corrected chi connectivity index (χ2v) is 7.35. The lowest BCUT2D eigenvalue weighted by atomic mass is 10.1. The first-order valence-corrected chi connectivity index (χ1v) is 10.1. The number of anilines is 1. The van der Waals surface area contributed by atoms with Gasteiger partial charge in [-0.3, -0.25) is 14.9 Å². The average Bonchev–Trinajstić information content (AvgIpc) is 3.20. The summed E-state index contributed by atoms with van der Waals surface area (Å²) in [5.74, 6) is 1.28. The highest BCUT2D eigenvalue weighted by Crippen LogP contribution is 2.29. The number of amides is 1. The zero-order valence-corrected chi connectivity index (χ0v) is 17.9. The fourth-order valence-corrected chi connectivity index (χ4v) is 3.32. The molecule has 1 aromatic heterocycles. The van der Waals surface area contributed by atoms with Gasteiger partial charge in [-0.1, -0.05) is 23.9 Å². The van der Waals surface area contributed by atoms with Crippen LogP contribution >= 0.6 is 11.8 Å². The van der Waals surface area contributed by atoms with E-state index in [4.69, 9.17) is 13.9 Å². The number of benzene rings is 2. The van der Waals surface area contributed by atoms with E-state index < -0.39 is 4.92 Å². The quantitative estimate of drug-likeness (QED) is 0.299. The van der Waals surface area contributed by atoms with E-state index in [0.29, 0.717) is 35.1 Å². The highest BCUT2D eigenvalue weighted by molar-refractivity contribution is 7.99. The number of rotatable bonds is 9. The number of hydrogen-bond donors (Lipinski definition) is 1. The average molecular weight is 444 g/mol. The minimum atomic E-state index is -0.488. The molecular formula is C20H20N4O6S. The molecule has 0 bridgehead atoms. The summed E-state index contributed by atoms with van der Waals surface area (Å²) in [6.45, 7) is 1.63. The number of nitro groups is 1. The van der Waals surface area contributed by atoms with Gasteiger partial charge in [0.1, 0.15) is 0 Å². The summed E-state index contributed by atoms with van der Waals surface area (Å²) in [6.07, 6.45) is 0.396. The van der Waals surface area contributed by atoms with Gasteiger partial charge in [0.25, 0.3) is 10.9 Å². The lowest BCUT2D eigenvalue weighted by Crippen LogP contribution is -2.14. The summed E-state index contributed by atoms with van der Waals surface area (Å²) in [6, 6.07) is 10.0. The molecule has 31 heavy (non-hydrogen) atoms. The molecule has 0 unspecified atom stereocenters. The molecule has 3 aromatic rings. The second kappa shape index (κ2) is 9.94. The van der Waals surface area contributed by atoms with E-state index >= 15 is 0 Å². The molecule has 0 radical (unpaired) electrons. The fraction of sp³-hybridized carbons (Fsp3) is 0.250. The molecule has 0 spiro atoms. The Morgan fingerprint density at radius 2 is 1.94 bits per heavy atom. The third-order valence-electron chi connectivity index (χ3n) is 4.27. The van der Waals surface area contributed by atoms with Crippen LogP contribution in [-0.4, -0.2) is 41.0 Å². The van der Waals surface area contributed by atoms with Crippen molar-refractivity contribution in [1.29, 1.82) is 0 Å². The van der Waals surface area contributed by atoms with Gasteiger partial charge in [0.05, 0.1) is 31.3 Å². The highest BCUT2D eigenvalue weighted by Gasteiger charge is 2.14. The van der Waals surface area contributed by atoms with Gasteiger partial charge >= 0.3 is 0 Å². The number of carbonyl (C=O) groups is 1. The molecule has 0 saturated carbocycles. The van der Waals surface area contributed by atoms with Crippen LogP contribution in [0.5, 0.6) is 11.5 Å². The summed E-state index contributed by atoms with van der Waals surface area (Å²) in [5, 5.41) is 21.8. The number of carbonyl (C=O) groups excluding carboxylic acids is 1. The first kappa shape index (κ1) is 22.1. The minimum Gasteiger partial charge on any atom is -0.493 e. The summed E-state index contributed by atoms with van der Waals surface area (Å²) in [7, 11) is 3.12. The standard InChI is InChI=1S/C20H20N4O6S/c1-12-4-6-14(10-15(12)24(26)27)21-18(25)11-31-20-23-22-19(30-20)9-13-5-7-16(28-2)17(8-13)29-3/h4-8,10H,9,11H2,1-3H3,(H,21,25). The SMILES string of the molecule is COc1ccc(Cc2nnc(SCC(=O)Nc3ccc(C)c([N+](=O)[O-])c3)o2)cc1OC. The van der Waals surface area contributed by atoms with E-state index in [0.717, 1.165) is 17.3 Å². The highest BCUT2D eigenvalue weighted by atomic mass is 32.2. The number of nitrogens with one attached hydrogen (secondary N) is 1. The number of nitro benzene ring substituents is 1. The normalized spacial score (nSPS) is 10.5. The van der Waals surface area contributed by atoms with Crippen molar-refractivity contribution in [2.24, 2.45) is 0 Å². The van der Waals surface area contributed by atoms with Crippen molar-refractivity contribution in [2.45, 2.75) is 18.6 Å². The van der Waals surface area contributed by atoms with E-state index in [1.165, 1.54) is 6.07 Å². The van der Waals surface area contributed by atoms with E-state index in [1.807, 2.05) is 12.1 Å². The molecule has 2 aromatic carbocycles. The first-order chi connectivity index (χ1) is 14.9. The van der Waals surface area contributed by atoms with E-state index in [1.54, 1.807) is 39.3 Å². The van der Waals surface area contributed by atoms with Crippen molar-refractivity contribution in [3.63, 3.8) is 0 Å². The fourth-order valence-electron chi connectivity index (χ4n) is 2.74. The van der Waals surface area contributed by atoms with Crippen LogP contribution < -0.4 is 14.8 Å². The molecule has 162 valence electrons. The zero-order chi connectivity index (χ0) is 22.4. The molecule has 1 heterocycles. The molecular weight excluding hydrogens is 424 g/mol. The molecule has 3 rings (SSSR count). The van der Waals surface area contributed by atoms with Gasteiger partial charge in [0, 0.05) is 17.3 Å². The van der Waals surface area contributed by atoms with Gasteiger partial charge in [0.15, 0.2) is 11.5 Å². The Labute approximate surface area is 182 Å². The molecule has 0 aliphatic heterocycles. The minimum absolute atomic E-state index is 0.0136. The second-order valence-electron chi connectivity index (χ2n) is 6.42. The predicted molar refractivity (Wildman–Crippen MR) is 114 cm³/mol. The number of ether oxygens (including phenoxy) is 2. The zero-order valence-electron chi connectivity index (χ0n) is 17.1. The Morgan fingerprint density at radius 1 is 1.16 bits per heavy atom. The summed E-state index contributed by atoms with van der Waals surface area (Å²) in [5.41, 5.74) is 1.71. The topological polar surface area (TPSA) is 130 Å². The molecule has 11 heteroatoms. The lowest BCUT2D eigenvalue weighted by molar-refractivity contribution is -0.385. The number of aryl methyl sites for hydroxylation is 1. The Balaban J connectivity index is 1.56. The van der Waals surface area contributed by atoms with Crippen molar-refractivity contribution < 1.29 is 23.6 Å². The third kappa shape index (κ3) is 5.72. The van der Waals surface area contributed by atoms with Crippen molar-refractivity contribution >= 4 is 29.0 Å². The molecule has 0 atom stereocenters. The summed E-state index contributed by atoms with van der Waals surface area (Å²) in [4.78, 5) is 22.7. The number of aromatic nitrogens is 2. The third-order valence-corrected chi connectivity index (χ3v) is 5.09. The largest absolute Gasteiger partial charge is 0.493 e. The van der Waals surface area contributed by atoms with Gasteiger partial charge < -0.3 is 19.2 Å². The van der Waals surface area contributed by atoms with Gasteiger partial charge in [0.2, 0.25) is 11.8 Å². The van der Waals surface area contributed by atoms with Crippen LogP contribution in [-0.2, 0) is 11.2 Å². The van der Waals surface area contributed by atoms with Crippen LogP contribution in [0.1, 0.15) is 17.0 Å². The smallest absolute Gasteiger partial charge is 0.277 e. The van der Waals surface area contributed by atoms with Crippen LogP contribution in [0.15, 0.2) is 46.0 Å². The van der Waals surface area contributed by atoms with Crippen LogP contribution in [0.25, 0.3) is 0 Å². The van der Waals surface area contributed by atoms with Gasteiger partial charge in [-0.25, -0.2) is 0 Å². The van der Waals surface area contributed by atoms with E-state index in [9.17, 15) is 14.9 Å². The van der Waals surface area contributed by atoms with Crippen LogP contribution in [0, 0.1) is 17.0 Å². The molecule has 1 N–H and O–H groups in total. The van der Waals surface area contributed by atoms with Crippen molar-refractivity contribution in [2.75, 3.05) is 25.3 Å². The van der Waals surface area contributed by atoms with Gasteiger partial charge in [-0.2, -0.15) is 0 Å².